The van der Waals surface area contributed by atoms with E-state index in [1.165, 1.54) is 12.1 Å². The molecule has 168 valence electrons. The first-order valence-corrected chi connectivity index (χ1v) is 10.6. The number of hydrogen-bond acceptors (Lipinski definition) is 5. The molecule has 0 radical (unpaired) electrons. The SMILES string of the molecule is O=C(NCc1ccccc1)C1CC(=O)N(c2ccc(OCc3ccc([N+](=O)[O-])cc3)cc2)C1. The molecule has 0 spiro atoms. The van der Waals surface area contributed by atoms with Gasteiger partial charge in [0.15, 0.2) is 0 Å². The van der Waals surface area contributed by atoms with Gasteiger partial charge in [0, 0.05) is 37.3 Å². The molecule has 0 aliphatic carbocycles. The van der Waals surface area contributed by atoms with Crippen molar-refractivity contribution in [2.75, 3.05) is 11.4 Å². The largest absolute Gasteiger partial charge is 0.489 e. The quantitative estimate of drug-likeness (QED) is 0.419. The highest BCUT2D eigenvalue weighted by Gasteiger charge is 2.35. The van der Waals surface area contributed by atoms with Gasteiger partial charge < -0.3 is 15.0 Å². The van der Waals surface area contributed by atoms with Gasteiger partial charge in [-0.15, -0.1) is 0 Å². The average molecular weight is 445 g/mol. The molecule has 0 bridgehead atoms. The Labute approximate surface area is 190 Å². The standard InChI is InChI=1S/C25H23N3O5/c29-24-14-20(25(30)26-15-18-4-2-1-3-5-18)16-27(24)21-10-12-23(13-11-21)33-17-19-6-8-22(9-7-19)28(31)32/h1-13,20H,14-17H2,(H,26,30). The summed E-state index contributed by atoms with van der Waals surface area (Å²) in [5.41, 5.74) is 2.56. The second-order valence-corrected chi connectivity index (χ2v) is 7.81. The normalized spacial score (nSPS) is 15.3. The molecule has 3 aromatic carbocycles. The number of amides is 2. The Morgan fingerprint density at radius 3 is 2.36 bits per heavy atom. The summed E-state index contributed by atoms with van der Waals surface area (Å²) < 4.78 is 5.73. The maximum absolute atomic E-state index is 12.5. The molecule has 4 rings (SSSR count). The Hall–Kier alpha value is -4.20. The number of ether oxygens (including phenoxy) is 1. The minimum absolute atomic E-state index is 0.0328. The van der Waals surface area contributed by atoms with Crippen molar-refractivity contribution in [3.63, 3.8) is 0 Å². The second kappa shape index (κ2) is 9.95. The van der Waals surface area contributed by atoms with Gasteiger partial charge in [-0.2, -0.15) is 0 Å². The molecule has 0 saturated carbocycles. The monoisotopic (exact) mass is 445 g/mol. The van der Waals surface area contributed by atoms with Gasteiger partial charge in [0.05, 0.1) is 10.8 Å². The van der Waals surface area contributed by atoms with Crippen LogP contribution in [0.4, 0.5) is 11.4 Å². The van der Waals surface area contributed by atoms with Crippen molar-refractivity contribution >= 4 is 23.2 Å². The van der Waals surface area contributed by atoms with E-state index in [2.05, 4.69) is 5.32 Å². The minimum Gasteiger partial charge on any atom is -0.489 e. The van der Waals surface area contributed by atoms with Crippen molar-refractivity contribution in [3.05, 3.63) is 100 Å². The Balaban J connectivity index is 1.30. The maximum atomic E-state index is 12.5. The lowest BCUT2D eigenvalue weighted by atomic mass is 10.1. The summed E-state index contributed by atoms with van der Waals surface area (Å²) in [6, 6.07) is 22.9. The van der Waals surface area contributed by atoms with E-state index in [0.717, 1.165) is 11.1 Å². The third-order valence-electron chi connectivity index (χ3n) is 5.51. The van der Waals surface area contributed by atoms with E-state index in [9.17, 15) is 19.7 Å². The highest BCUT2D eigenvalue weighted by atomic mass is 16.6. The molecule has 1 heterocycles. The molecule has 0 aromatic heterocycles. The lowest BCUT2D eigenvalue weighted by Crippen LogP contribution is -2.32. The zero-order valence-electron chi connectivity index (χ0n) is 17.8. The molecule has 1 aliphatic heterocycles. The molecule has 2 amide bonds. The highest BCUT2D eigenvalue weighted by Crippen LogP contribution is 2.27. The van der Waals surface area contributed by atoms with Gasteiger partial charge in [-0.3, -0.25) is 19.7 Å². The van der Waals surface area contributed by atoms with Crippen molar-refractivity contribution in [2.45, 2.75) is 19.6 Å². The van der Waals surface area contributed by atoms with Gasteiger partial charge in [0.2, 0.25) is 11.8 Å². The fourth-order valence-corrected chi connectivity index (χ4v) is 3.66. The third kappa shape index (κ3) is 5.54. The highest BCUT2D eigenvalue weighted by molar-refractivity contribution is 6.00. The molecule has 3 aromatic rings. The van der Waals surface area contributed by atoms with E-state index in [1.54, 1.807) is 41.3 Å². The van der Waals surface area contributed by atoms with Crippen LogP contribution in [-0.4, -0.2) is 23.3 Å². The maximum Gasteiger partial charge on any atom is 0.269 e. The summed E-state index contributed by atoms with van der Waals surface area (Å²) in [4.78, 5) is 36.9. The Bertz CT molecular complexity index is 1130. The van der Waals surface area contributed by atoms with Crippen molar-refractivity contribution in [1.82, 2.24) is 5.32 Å². The molecular formula is C25H23N3O5. The Kier molecular flexibility index (Phi) is 6.64. The first-order chi connectivity index (χ1) is 16.0. The lowest BCUT2D eigenvalue weighted by molar-refractivity contribution is -0.384. The summed E-state index contributed by atoms with van der Waals surface area (Å²) in [5.74, 6) is 0.00680. The molecule has 8 nitrogen and oxygen atoms in total. The number of hydrogen-bond donors (Lipinski definition) is 1. The third-order valence-corrected chi connectivity index (χ3v) is 5.51. The molecule has 1 saturated heterocycles. The summed E-state index contributed by atoms with van der Waals surface area (Å²) in [5, 5.41) is 13.6. The molecular weight excluding hydrogens is 422 g/mol. The first-order valence-electron chi connectivity index (χ1n) is 10.6. The van der Waals surface area contributed by atoms with Crippen LogP contribution in [0.3, 0.4) is 0 Å². The first kappa shape index (κ1) is 22.0. The number of carbonyl (C=O) groups is 2. The van der Waals surface area contributed by atoms with Crippen LogP contribution in [0.25, 0.3) is 0 Å². The zero-order chi connectivity index (χ0) is 23.2. The molecule has 33 heavy (non-hydrogen) atoms. The zero-order valence-corrected chi connectivity index (χ0v) is 17.8. The van der Waals surface area contributed by atoms with Crippen LogP contribution >= 0.6 is 0 Å². The number of anilines is 1. The van der Waals surface area contributed by atoms with Gasteiger partial charge in [-0.25, -0.2) is 0 Å². The molecule has 1 N–H and O–H groups in total. The minimum atomic E-state index is -0.444. The van der Waals surface area contributed by atoms with Gasteiger partial charge in [-0.1, -0.05) is 30.3 Å². The summed E-state index contributed by atoms with van der Waals surface area (Å²) in [7, 11) is 0. The number of non-ortho nitro benzene ring substituents is 1. The number of carbonyl (C=O) groups excluding carboxylic acids is 2. The van der Waals surface area contributed by atoms with Crippen LogP contribution in [0, 0.1) is 16.0 Å². The predicted molar refractivity (Wildman–Crippen MR) is 123 cm³/mol. The molecule has 1 fully saturated rings. The van der Waals surface area contributed by atoms with Gasteiger partial charge in [0.25, 0.3) is 5.69 Å². The lowest BCUT2D eigenvalue weighted by Gasteiger charge is -2.17. The van der Waals surface area contributed by atoms with Gasteiger partial charge in [0.1, 0.15) is 12.4 Å². The molecule has 8 heteroatoms. The van der Waals surface area contributed by atoms with Crippen LogP contribution in [0.2, 0.25) is 0 Å². The number of rotatable bonds is 8. The van der Waals surface area contributed by atoms with Gasteiger partial charge >= 0.3 is 0 Å². The fourth-order valence-electron chi connectivity index (χ4n) is 3.66. The summed E-state index contributed by atoms with van der Waals surface area (Å²) in [6.45, 7) is 1.04. The van der Waals surface area contributed by atoms with Crippen LogP contribution in [-0.2, 0) is 22.7 Å². The number of nitro benzene ring substituents is 1. The summed E-state index contributed by atoms with van der Waals surface area (Å²) in [6.07, 6.45) is 0.180. The van der Waals surface area contributed by atoms with E-state index in [1.807, 2.05) is 30.3 Å². The number of nitro groups is 1. The Morgan fingerprint density at radius 1 is 1.00 bits per heavy atom. The Morgan fingerprint density at radius 2 is 1.70 bits per heavy atom. The van der Waals surface area contributed by atoms with Crippen LogP contribution < -0.4 is 15.0 Å². The summed E-state index contributed by atoms with van der Waals surface area (Å²) >= 11 is 0. The fraction of sp³-hybridized carbons (Fsp3) is 0.200. The van der Waals surface area contributed by atoms with Crippen molar-refractivity contribution in [1.29, 1.82) is 0 Å². The van der Waals surface area contributed by atoms with Crippen LogP contribution in [0.15, 0.2) is 78.9 Å². The second-order valence-electron chi connectivity index (χ2n) is 7.81. The van der Waals surface area contributed by atoms with Crippen LogP contribution in [0.1, 0.15) is 17.5 Å². The average Bonchev–Trinajstić information content (AvgIpc) is 3.24. The number of nitrogens with zero attached hydrogens (tertiary/aromatic N) is 2. The van der Waals surface area contributed by atoms with E-state index < -0.39 is 4.92 Å². The van der Waals surface area contributed by atoms with E-state index >= 15 is 0 Å². The van der Waals surface area contributed by atoms with E-state index in [4.69, 9.17) is 4.74 Å². The smallest absolute Gasteiger partial charge is 0.269 e. The number of benzene rings is 3. The van der Waals surface area contributed by atoms with Crippen molar-refractivity contribution in [3.8, 4) is 5.75 Å². The van der Waals surface area contributed by atoms with Crippen molar-refractivity contribution < 1.29 is 19.2 Å². The van der Waals surface area contributed by atoms with Crippen molar-refractivity contribution in [2.24, 2.45) is 5.92 Å². The molecule has 1 unspecified atom stereocenters. The molecule has 1 atom stereocenters. The van der Waals surface area contributed by atoms with Crippen LogP contribution in [0.5, 0.6) is 5.75 Å². The van der Waals surface area contributed by atoms with E-state index in [-0.39, 0.29) is 36.4 Å². The molecule has 1 aliphatic rings. The number of nitrogens with one attached hydrogen (secondary N) is 1. The van der Waals surface area contributed by atoms with E-state index in [0.29, 0.717) is 24.5 Å². The predicted octanol–water partition coefficient (Wildman–Crippen LogP) is 3.84. The topological polar surface area (TPSA) is 102 Å². The van der Waals surface area contributed by atoms with Gasteiger partial charge in [-0.05, 0) is 47.5 Å².